The molecule has 2 rings (SSSR count). The number of furan rings is 1. The standard InChI is InChI=1S/C12H16N4O2/c1-4-10-9(5-6-18-10)12(17)16(3)7-11-13-8(2)14-15-11/h5-6H,4,7H2,1-3H3,(H,13,14,15). The van der Waals surface area contributed by atoms with E-state index in [-0.39, 0.29) is 5.91 Å². The monoisotopic (exact) mass is 248 g/mol. The zero-order chi connectivity index (χ0) is 13.1. The zero-order valence-electron chi connectivity index (χ0n) is 10.7. The number of nitrogens with zero attached hydrogens (tertiary/aromatic N) is 3. The third-order valence-electron chi connectivity index (χ3n) is 2.67. The Kier molecular flexibility index (Phi) is 3.45. The van der Waals surface area contributed by atoms with Crippen LogP contribution < -0.4 is 0 Å². The predicted molar refractivity (Wildman–Crippen MR) is 65.0 cm³/mol. The van der Waals surface area contributed by atoms with Gasteiger partial charge in [0.05, 0.1) is 18.4 Å². The van der Waals surface area contributed by atoms with Gasteiger partial charge >= 0.3 is 0 Å². The molecular formula is C12H16N4O2. The van der Waals surface area contributed by atoms with Gasteiger partial charge in [0.25, 0.3) is 5.91 Å². The van der Waals surface area contributed by atoms with Crippen molar-refractivity contribution in [1.82, 2.24) is 20.1 Å². The van der Waals surface area contributed by atoms with Crippen molar-refractivity contribution in [2.45, 2.75) is 26.8 Å². The van der Waals surface area contributed by atoms with E-state index in [2.05, 4.69) is 15.2 Å². The second kappa shape index (κ2) is 5.03. The lowest BCUT2D eigenvalue weighted by molar-refractivity contribution is 0.0779. The average molecular weight is 248 g/mol. The topological polar surface area (TPSA) is 75.0 Å². The van der Waals surface area contributed by atoms with Crippen LogP contribution in [0.2, 0.25) is 0 Å². The van der Waals surface area contributed by atoms with Gasteiger partial charge in [-0.2, -0.15) is 5.10 Å². The van der Waals surface area contributed by atoms with E-state index in [0.29, 0.717) is 30.1 Å². The molecule has 0 aliphatic rings. The van der Waals surface area contributed by atoms with Crippen molar-refractivity contribution in [1.29, 1.82) is 0 Å². The Labute approximate surface area is 105 Å². The number of amides is 1. The molecule has 96 valence electrons. The highest BCUT2D eigenvalue weighted by Crippen LogP contribution is 2.14. The van der Waals surface area contributed by atoms with Gasteiger partial charge in [-0.3, -0.25) is 9.89 Å². The average Bonchev–Trinajstić information content (AvgIpc) is 2.96. The fourth-order valence-electron chi connectivity index (χ4n) is 1.75. The SMILES string of the molecule is CCc1occc1C(=O)N(C)Cc1n[nH]c(C)n1. The molecule has 0 bridgehead atoms. The summed E-state index contributed by atoms with van der Waals surface area (Å²) in [5.74, 6) is 1.97. The number of H-pyrrole nitrogens is 1. The van der Waals surface area contributed by atoms with Gasteiger partial charge in [-0.25, -0.2) is 4.98 Å². The Hall–Kier alpha value is -2.11. The molecule has 0 fully saturated rings. The number of aryl methyl sites for hydroxylation is 2. The number of rotatable bonds is 4. The molecule has 6 nitrogen and oxygen atoms in total. The molecule has 1 amide bonds. The van der Waals surface area contributed by atoms with E-state index in [1.165, 1.54) is 6.26 Å². The molecule has 0 aromatic carbocycles. The van der Waals surface area contributed by atoms with Crippen molar-refractivity contribution in [2.75, 3.05) is 7.05 Å². The lowest BCUT2D eigenvalue weighted by Gasteiger charge is -2.14. The molecule has 0 saturated heterocycles. The molecule has 18 heavy (non-hydrogen) atoms. The van der Waals surface area contributed by atoms with Crippen LogP contribution in [0.25, 0.3) is 0 Å². The van der Waals surface area contributed by atoms with Crippen molar-refractivity contribution >= 4 is 5.91 Å². The van der Waals surface area contributed by atoms with Crippen LogP contribution in [-0.2, 0) is 13.0 Å². The van der Waals surface area contributed by atoms with E-state index in [9.17, 15) is 4.79 Å². The van der Waals surface area contributed by atoms with E-state index in [1.54, 1.807) is 18.0 Å². The fourth-order valence-corrected chi connectivity index (χ4v) is 1.75. The summed E-state index contributed by atoms with van der Waals surface area (Å²) in [6, 6.07) is 1.70. The normalized spacial score (nSPS) is 10.6. The second-order valence-electron chi connectivity index (χ2n) is 4.11. The summed E-state index contributed by atoms with van der Waals surface area (Å²) in [6.07, 6.45) is 2.23. The summed E-state index contributed by atoms with van der Waals surface area (Å²) in [6.45, 7) is 4.15. The molecule has 0 spiro atoms. The number of aromatic nitrogens is 3. The maximum absolute atomic E-state index is 12.2. The van der Waals surface area contributed by atoms with E-state index >= 15 is 0 Å². The summed E-state index contributed by atoms with van der Waals surface area (Å²) in [7, 11) is 1.72. The maximum atomic E-state index is 12.2. The minimum atomic E-state index is -0.0805. The van der Waals surface area contributed by atoms with Gasteiger partial charge in [-0.15, -0.1) is 0 Å². The lowest BCUT2D eigenvalue weighted by atomic mass is 10.2. The minimum Gasteiger partial charge on any atom is -0.469 e. The first-order valence-corrected chi connectivity index (χ1v) is 5.81. The third kappa shape index (κ3) is 2.42. The van der Waals surface area contributed by atoms with Crippen LogP contribution in [0.5, 0.6) is 0 Å². The summed E-state index contributed by atoms with van der Waals surface area (Å²) >= 11 is 0. The van der Waals surface area contributed by atoms with Gasteiger partial charge in [0.1, 0.15) is 11.6 Å². The Bertz CT molecular complexity index is 544. The summed E-state index contributed by atoms with van der Waals surface area (Å²) in [4.78, 5) is 17.9. The molecule has 2 aromatic rings. The van der Waals surface area contributed by atoms with Crippen LogP contribution >= 0.6 is 0 Å². The molecule has 1 N–H and O–H groups in total. The van der Waals surface area contributed by atoms with Gasteiger partial charge < -0.3 is 9.32 Å². The highest BCUT2D eigenvalue weighted by atomic mass is 16.3. The van der Waals surface area contributed by atoms with Gasteiger partial charge in [0.15, 0.2) is 5.82 Å². The molecule has 0 aliphatic carbocycles. The molecule has 0 aliphatic heterocycles. The number of aromatic amines is 1. The number of hydrogen-bond acceptors (Lipinski definition) is 4. The van der Waals surface area contributed by atoms with Crippen LogP contribution in [0.4, 0.5) is 0 Å². The van der Waals surface area contributed by atoms with Crippen LogP contribution in [0.3, 0.4) is 0 Å². The zero-order valence-corrected chi connectivity index (χ0v) is 10.7. The number of nitrogens with one attached hydrogen (secondary N) is 1. The Morgan fingerprint density at radius 1 is 1.56 bits per heavy atom. The Balaban J connectivity index is 2.09. The van der Waals surface area contributed by atoms with Gasteiger partial charge in [0, 0.05) is 13.5 Å². The van der Waals surface area contributed by atoms with Crippen LogP contribution in [-0.4, -0.2) is 33.0 Å². The van der Waals surface area contributed by atoms with Gasteiger partial charge in [-0.05, 0) is 13.0 Å². The molecule has 6 heteroatoms. The molecule has 2 heterocycles. The first-order valence-electron chi connectivity index (χ1n) is 5.81. The molecule has 0 atom stereocenters. The Morgan fingerprint density at radius 2 is 2.33 bits per heavy atom. The number of carbonyl (C=O) groups excluding carboxylic acids is 1. The largest absolute Gasteiger partial charge is 0.469 e. The lowest BCUT2D eigenvalue weighted by Crippen LogP contribution is -2.27. The van der Waals surface area contributed by atoms with Crippen LogP contribution in [0, 0.1) is 6.92 Å². The first kappa shape index (κ1) is 12.3. The van der Waals surface area contributed by atoms with Crippen molar-refractivity contribution in [2.24, 2.45) is 0 Å². The Morgan fingerprint density at radius 3 is 2.94 bits per heavy atom. The maximum Gasteiger partial charge on any atom is 0.257 e. The molecule has 2 aromatic heterocycles. The number of carbonyl (C=O) groups is 1. The van der Waals surface area contributed by atoms with E-state index in [4.69, 9.17) is 4.42 Å². The molecule has 0 radical (unpaired) electrons. The highest BCUT2D eigenvalue weighted by Gasteiger charge is 2.18. The van der Waals surface area contributed by atoms with E-state index in [1.807, 2.05) is 13.8 Å². The van der Waals surface area contributed by atoms with Gasteiger partial charge in [0.2, 0.25) is 0 Å². The van der Waals surface area contributed by atoms with Crippen molar-refractivity contribution in [3.63, 3.8) is 0 Å². The van der Waals surface area contributed by atoms with E-state index in [0.717, 1.165) is 5.82 Å². The van der Waals surface area contributed by atoms with Crippen LogP contribution in [0.15, 0.2) is 16.7 Å². The van der Waals surface area contributed by atoms with Crippen molar-refractivity contribution in [3.8, 4) is 0 Å². The summed E-state index contributed by atoms with van der Waals surface area (Å²) in [5.41, 5.74) is 0.604. The molecule has 0 saturated carbocycles. The quantitative estimate of drug-likeness (QED) is 0.890. The van der Waals surface area contributed by atoms with Gasteiger partial charge in [-0.1, -0.05) is 6.92 Å². The number of hydrogen-bond donors (Lipinski definition) is 1. The van der Waals surface area contributed by atoms with Crippen molar-refractivity contribution in [3.05, 3.63) is 35.3 Å². The smallest absolute Gasteiger partial charge is 0.257 e. The fraction of sp³-hybridized carbons (Fsp3) is 0.417. The molecular weight excluding hydrogens is 232 g/mol. The second-order valence-corrected chi connectivity index (χ2v) is 4.11. The first-order chi connectivity index (χ1) is 8.61. The highest BCUT2D eigenvalue weighted by molar-refractivity contribution is 5.94. The van der Waals surface area contributed by atoms with Crippen molar-refractivity contribution < 1.29 is 9.21 Å². The van der Waals surface area contributed by atoms with Crippen LogP contribution in [0.1, 0.15) is 34.7 Å². The summed E-state index contributed by atoms with van der Waals surface area (Å²) < 4.78 is 5.25. The molecule has 0 unspecified atom stereocenters. The predicted octanol–water partition coefficient (Wildman–Crippen LogP) is 1.54. The third-order valence-corrected chi connectivity index (χ3v) is 2.67. The summed E-state index contributed by atoms with van der Waals surface area (Å²) in [5, 5.41) is 6.76. The minimum absolute atomic E-state index is 0.0805. The van der Waals surface area contributed by atoms with E-state index < -0.39 is 0 Å².